The van der Waals surface area contributed by atoms with Gasteiger partial charge in [0.05, 0.1) is 0 Å². The molecule has 1 heterocycles. The van der Waals surface area contributed by atoms with Crippen LogP contribution in [0.1, 0.15) is 39.5 Å². The molecule has 0 saturated heterocycles. The van der Waals surface area contributed by atoms with Crippen LogP contribution < -0.4 is 0 Å². The van der Waals surface area contributed by atoms with Crippen LogP contribution in [0.15, 0.2) is 17.1 Å². The topological polar surface area (TPSA) is 35.8 Å². The molecule has 0 bridgehead atoms. The van der Waals surface area contributed by atoms with Crippen molar-refractivity contribution in [3.05, 3.63) is 12.2 Å². The number of allylic oxidation sites excluding steroid dienone is 1. The van der Waals surface area contributed by atoms with E-state index in [0.717, 1.165) is 13.0 Å². The molecule has 3 nitrogen and oxygen atoms in total. The van der Waals surface area contributed by atoms with Gasteiger partial charge in [0.1, 0.15) is 12.4 Å². The van der Waals surface area contributed by atoms with Gasteiger partial charge in [-0.1, -0.05) is 25.8 Å². The molecule has 0 fully saturated rings. The Hall–Kier alpha value is -0.670. The van der Waals surface area contributed by atoms with Gasteiger partial charge in [0.2, 0.25) is 0 Å². The smallest absolute Gasteiger partial charge is 0.122 e. The lowest BCUT2D eigenvalue weighted by Crippen LogP contribution is -2.36. The zero-order valence-corrected chi connectivity index (χ0v) is 9.76. The van der Waals surface area contributed by atoms with Crippen LogP contribution in [0.4, 0.5) is 0 Å². The summed E-state index contributed by atoms with van der Waals surface area (Å²) in [6, 6.07) is 0. The Kier molecular flexibility index (Phi) is 5.58. The number of aliphatic imine (C=N–C) groups is 1. The molecule has 0 saturated carbocycles. The maximum Gasteiger partial charge on any atom is 0.122 e. The van der Waals surface area contributed by atoms with Gasteiger partial charge in [-0.2, -0.15) is 0 Å². The SMILES string of the molecule is CCCCC/C=C/C1N=CCN1C(C)O. The Balaban J connectivity index is 2.27. The van der Waals surface area contributed by atoms with Crippen LogP contribution in [0.2, 0.25) is 0 Å². The summed E-state index contributed by atoms with van der Waals surface area (Å²) in [5.41, 5.74) is 0. The second kappa shape index (κ2) is 6.75. The van der Waals surface area contributed by atoms with Gasteiger partial charge in [0.15, 0.2) is 0 Å². The first-order valence-electron chi connectivity index (χ1n) is 5.87. The molecule has 0 aromatic rings. The van der Waals surface area contributed by atoms with Crippen molar-refractivity contribution in [3.63, 3.8) is 0 Å². The lowest BCUT2D eigenvalue weighted by Gasteiger charge is -2.23. The Bertz CT molecular complexity index is 224. The van der Waals surface area contributed by atoms with E-state index in [2.05, 4.69) is 24.1 Å². The van der Waals surface area contributed by atoms with Crippen LogP contribution in [0, 0.1) is 0 Å². The largest absolute Gasteiger partial charge is 0.379 e. The van der Waals surface area contributed by atoms with Crippen molar-refractivity contribution in [1.29, 1.82) is 0 Å². The van der Waals surface area contributed by atoms with Gasteiger partial charge in [-0.3, -0.25) is 4.99 Å². The van der Waals surface area contributed by atoms with Crippen molar-refractivity contribution in [2.45, 2.75) is 51.9 Å². The molecule has 2 unspecified atom stereocenters. The summed E-state index contributed by atoms with van der Waals surface area (Å²) >= 11 is 0. The van der Waals surface area contributed by atoms with Gasteiger partial charge in [-0.15, -0.1) is 0 Å². The third kappa shape index (κ3) is 4.14. The van der Waals surface area contributed by atoms with Gasteiger partial charge in [0.25, 0.3) is 0 Å². The maximum atomic E-state index is 9.48. The van der Waals surface area contributed by atoms with Crippen LogP contribution in [-0.2, 0) is 0 Å². The third-order valence-corrected chi connectivity index (χ3v) is 2.65. The third-order valence-electron chi connectivity index (χ3n) is 2.65. The van der Waals surface area contributed by atoms with Gasteiger partial charge >= 0.3 is 0 Å². The average molecular weight is 210 g/mol. The molecule has 0 amide bonds. The van der Waals surface area contributed by atoms with Crippen LogP contribution in [-0.4, -0.2) is 35.2 Å². The first-order valence-corrected chi connectivity index (χ1v) is 5.87. The monoisotopic (exact) mass is 210 g/mol. The first-order chi connectivity index (χ1) is 7.25. The predicted molar refractivity (Wildman–Crippen MR) is 63.9 cm³/mol. The van der Waals surface area contributed by atoms with Gasteiger partial charge < -0.3 is 5.11 Å². The van der Waals surface area contributed by atoms with Crippen molar-refractivity contribution in [2.75, 3.05) is 6.54 Å². The number of rotatable bonds is 6. The van der Waals surface area contributed by atoms with E-state index in [1.54, 1.807) is 6.92 Å². The maximum absolute atomic E-state index is 9.48. The number of unbranched alkanes of at least 4 members (excludes halogenated alkanes) is 3. The molecule has 0 radical (unpaired) electrons. The Morgan fingerprint density at radius 2 is 2.40 bits per heavy atom. The second-order valence-electron chi connectivity index (χ2n) is 4.00. The second-order valence-corrected chi connectivity index (χ2v) is 4.00. The van der Waals surface area contributed by atoms with E-state index in [1.165, 1.54) is 19.3 Å². The minimum atomic E-state index is -0.419. The highest BCUT2D eigenvalue weighted by Gasteiger charge is 2.21. The normalized spacial score (nSPS) is 24.1. The number of hydrogen-bond donors (Lipinski definition) is 1. The van der Waals surface area contributed by atoms with Crippen molar-refractivity contribution in [2.24, 2.45) is 4.99 Å². The first kappa shape index (κ1) is 12.4. The van der Waals surface area contributed by atoms with Crippen molar-refractivity contribution in [3.8, 4) is 0 Å². The molecule has 2 atom stereocenters. The molecular weight excluding hydrogens is 188 g/mol. The zero-order valence-electron chi connectivity index (χ0n) is 9.76. The summed E-state index contributed by atoms with van der Waals surface area (Å²) < 4.78 is 0. The fraction of sp³-hybridized carbons (Fsp3) is 0.750. The van der Waals surface area contributed by atoms with E-state index in [4.69, 9.17) is 0 Å². The Morgan fingerprint density at radius 3 is 3.07 bits per heavy atom. The minimum Gasteiger partial charge on any atom is -0.379 e. The van der Waals surface area contributed by atoms with Crippen molar-refractivity contribution in [1.82, 2.24) is 4.90 Å². The van der Waals surface area contributed by atoms with Crippen LogP contribution >= 0.6 is 0 Å². The van der Waals surface area contributed by atoms with Crippen LogP contribution in [0.5, 0.6) is 0 Å². The number of aliphatic hydroxyl groups is 1. The van der Waals surface area contributed by atoms with Gasteiger partial charge in [-0.25, -0.2) is 4.90 Å². The fourth-order valence-electron chi connectivity index (χ4n) is 1.71. The van der Waals surface area contributed by atoms with Crippen molar-refractivity contribution < 1.29 is 5.11 Å². The summed E-state index contributed by atoms with van der Waals surface area (Å²) in [5, 5.41) is 9.48. The van der Waals surface area contributed by atoms with Crippen molar-refractivity contribution >= 4 is 6.21 Å². The van der Waals surface area contributed by atoms with Crippen LogP contribution in [0.25, 0.3) is 0 Å². The fourth-order valence-corrected chi connectivity index (χ4v) is 1.71. The highest BCUT2D eigenvalue weighted by atomic mass is 16.3. The minimum absolute atomic E-state index is 0.0478. The van der Waals surface area contributed by atoms with E-state index < -0.39 is 6.23 Å². The standard InChI is InChI=1S/C12H22N2O/c1-3-4-5-6-7-8-12-13-9-10-14(12)11(2)15/h7-9,11-12,15H,3-6,10H2,1-2H3/b8-7+. The molecule has 0 aromatic heterocycles. The predicted octanol–water partition coefficient (Wildman–Crippen LogP) is 2.17. The van der Waals surface area contributed by atoms with Crippen LogP contribution in [0.3, 0.4) is 0 Å². The molecule has 0 aliphatic carbocycles. The summed E-state index contributed by atoms with van der Waals surface area (Å²) in [4.78, 5) is 6.26. The van der Waals surface area contributed by atoms with E-state index >= 15 is 0 Å². The van der Waals surface area contributed by atoms with E-state index in [1.807, 2.05) is 11.1 Å². The number of aliphatic hydroxyl groups excluding tert-OH is 1. The molecule has 1 aliphatic heterocycles. The lowest BCUT2D eigenvalue weighted by atomic mass is 10.2. The molecular formula is C12H22N2O. The number of nitrogens with zero attached hydrogens (tertiary/aromatic N) is 2. The summed E-state index contributed by atoms with van der Waals surface area (Å²) in [6.07, 6.45) is 10.7. The summed E-state index contributed by atoms with van der Waals surface area (Å²) in [7, 11) is 0. The lowest BCUT2D eigenvalue weighted by molar-refractivity contribution is 0.0214. The zero-order chi connectivity index (χ0) is 11.1. The molecule has 0 aromatic carbocycles. The highest BCUT2D eigenvalue weighted by Crippen LogP contribution is 2.11. The number of hydrogen-bond acceptors (Lipinski definition) is 3. The van der Waals surface area contributed by atoms with Gasteiger partial charge in [-0.05, 0) is 25.8 Å². The van der Waals surface area contributed by atoms with E-state index in [-0.39, 0.29) is 6.17 Å². The molecule has 1 rings (SSSR count). The molecule has 0 spiro atoms. The Labute approximate surface area is 92.5 Å². The molecule has 3 heteroatoms. The molecule has 1 N–H and O–H groups in total. The summed E-state index contributed by atoms with van der Waals surface area (Å²) in [6.45, 7) is 4.74. The Morgan fingerprint density at radius 1 is 1.60 bits per heavy atom. The molecule has 15 heavy (non-hydrogen) atoms. The average Bonchev–Trinajstić information content (AvgIpc) is 2.66. The molecule has 1 aliphatic rings. The van der Waals surface area contributed by atoms with E-state index in [0.29, 0.717) is 0 Å². The quantitative estimate of drug-likeness (QED) is 0.539. The van der Waals surface area contributed by atoms with E-state index in [9.17, 15) is 5.11 Å². The molecule has 86 valence electrons. The van der Waals surface area contributed by atoms with Gasteiger partial charge in [0, 0.05) is 12.8 Å². The summed E-state index contributed by atoms with van der Waals surface area (Å²) in [5.74, 6) is 0. The highest BCUT2D eigenvalue weighted by molar-refractivity contribution is 5.62.